The van der Waals surface area contributed by atoms with E-state index < -0.39 is 18.1 Å². The van der Waals surface area contributed by atoms with E-state index in [4.69, 9.17) is 14.2 Å². The second-order valence-corrected chi connectivity index (χ2v) is 15.2. The predicted molar refractivity (Wildman–Crippen MR) is 235 cm³/mol. The first-order valence-corrected chi connectivity index (χ1v) is 21.8. The molecule has 0 fully saturated rings. The molecule has 57 heavy (non-hydrogen) atoms. The highest BCUT2D eigenvalue weighted by atomic mass is 16.6. The van der Waals surface area contributed by atoms with Gasteiger partial charge in [0.15, 0.2) is 6.10 Å². The number of unbranched alkanes of at least 4 members (excludes halogenated alkanes) is 7. The van der Waals surface area contributed by atoms with Gasteiger partial charge in [-0.05, 0) is 96.3 Å². The highest BCUT2D eigenvalue weighted by molar-refractivity contribution is 5.70. The normalized spacial score (nSPS) is 13.9. The number of hydrogen-bond acceptors (Lipinski definition) is 7. The first-order chi connectivity index (χ1) is 27.6. The van der Waals surface area contributed by atoms with Crippen LogP contribution in [0.3, 0.4) is 0 Å². The van der Waals surface area contributed by atoms with Crippen molar-refractivity contribution in [2.45, 2.75) is 154 Å². The lowest BCUT2D eigenvalue weighted by Crippen LogP contribution is -2.55. The number of likely N-dealkylation sites (N-methyl/N-ethyl adjacent to an activating group) is 1. The fourth-order valence-electron chi connectivity index (χ4n) is 5.57. The number of ether oxygens (including phenoxy) is 3. The summed E-state index contributed by atoms with van der Waals surface area (Å²) in [4.78, 5) is 36.8. The Morgan fingerprint density at radius 1 is 0.544 bits per heavy atom. The number of quaternary nitrogens is 1. The second kappa shape index (κ2) is 39.1. The maximum atomic E-state index is 12.7. The van der Waals surface area contributed by atoms with Crippen molar-refractivity contribution in [2.75, 3.05) is 41.0 Å². The van der Waals surface area contributed by atoms with Gasteiger partial charge >= 0.3 is 11.9 Å². The predicted octanol–water partition coefficient (Wildman–Crippen LogP) is 10.6. The number of allylic oxidation sites excluding steroid dienone is 16. The molecule has 8 heteroatoms. The van der Waals surface area contributed by atoms with Crippen LogP contribution in [0.2, 0.25) is 0 Å². The molecule has 0 aliphatic rings. The molecule has 2 atom stereocenters. The van der Waals surface area contributed by atoms with Gasteiger partial charge in [-0.15, -0.1) is 0 Å². The number of carboxylic acid groups (broad SMARTS) is 1. The van der Waals surface area contributed by atoms with E-state index in [-0.39, 0.29) is 55.5 Å². The SMILES string of the molecule is CC/C=C/C/C=C/C/C=C/CCCCC(=O)OCC(COCCC(C(=O)[O-])[N+](C)(C)C)OC(=O)CCCC/C=C/C/C=C/C/C=C/C/C=C/C/C=C/CCCCC. The Kier molecular flexibility index (Phi) is 36.5. The van der Waals surface area contributed by atoms with Crippen LogP contribution in [0.25, 0.3) is 0 Å². The molecule has 0 saturated heterocycles. The molecule has 0 saturated carbocycles. The summed E-state index contributed by atoms with van der Waals surface area (Å²) in [5, 5.41) is 11.6. The zero-order valence-electron chi connectivity index (χ0n) is 36.5. The molecule has 0 aromatic heterocycles. The summed E-state index contributed by atoms with van der Waals surface area (Å²) in [5.74, 6) is -1.86. The van der Waals surface area contributed by atoms with Gasteiger partial charge in [0.05, 0.1) is 40.3 Å². The number of carboxylic acids is 1. The van der Waals surface area contributed by atoms with Crippen molar-refractivity contribution in [2.24, 2.45) is 0 Å². The van der Waals surface area contributed by atoms with E-state index in [1.807, 2.05) is 0 Å². The van der Waals surface area contributed by atoms with Gasteiger partial charge < -0.3 is 28.6 Å². The first-order valence-electron chi connectivity index (χ1n) is 21.8. The van der Waals surface area contributed by atoms with Crippen LogP contribution in [-0.2, 0) is 28.6 Å². The maximum absolute atomic E-state index is 12.7. The lowest BCUT2D eigenvalue weighted by atomic mass is 10.1. The standard InChI is InChI=1S/C49H79NO7/c1-6-8-10-12-14-16-18-20-21-22-23-24-25-26-27-28-30-32-34-36-38-40-48(52)57-45(43-55-42-41-46(49(53)54)50(3,4)5)44-56-47(51)39-37-35-33-31-29-19-17-15-13-11-9-7-2/h9,11,14-17,20-21,23-24,26-27,29-32,45-46H,6-8,10,12-13,18-19,22,25,28,33-44H2,1-5H3/b11-9+,16-14+,17-15+,21-20+,24-23+,27-26+,31-29+,32-30+. The van der Waals surface area contributed by atoms with Crippen molar-refractivity contribution >= 4 is 17.9 Å². The van der Waals surface area contributed by atoms with E-state index in [9.17, 15) is 19.5 Å². The minimum atomic E-state index is -1.14. The molecule has 0 N–H and O–H groups in total. The summed E-state index contributed by atoms with van der Waals surface area (Å²) in [6, 6.07) is -0.745. The lowest BCUT2D eigenvalue weighted by Gasteiger charge is -2.34. The van der Waals surface area contributed by atoms with Gasteiger partial charge in [-0.2, -0.15) is 0 Å². The van der Waals surface area contributed by atoms with Gasteiger partial charge in [-0.25, -0.2) is 0 Å². The molecule has 0 radical (unpaired) electrons. The quantitative estimate of drug-likeness (QED) is 0.0267. The molecule has 0 amide bonds. The van der Waals surface area contributed by atoms with Crippen molar-refractivity contribution in [1.82, 2.24) is 0 Å². The number of hydrogen-bond donors (Lipinski definition) is 0. The monoisotopic (exact) mass is 794 g/mol. The largest absolute Gasteiger partial charge is 0.544 e. The van der Waals surface area contributed by atoms with Gasteiger partial charge in [0.2, 0.25) is 0 Å². The minimum Gasteiger partial charge on any atom is -0.544 e. The molecule has 0 bridgehead atoms. The molecular formula is C49H79NO7. The van der Waals surface area contributed by atoms with Crippen molar-refractivity contribution in [3.8, 4) is 0 Å². The second-order valence-electron chi connectivity index (χ2n) is 15.2. The third kappa shape index (κ3) is 37.6. The molecule has 0 aromatic rings. The summed E-state index contributed by atoms with van der Waals surface area (Å²) in [6.45, 7) is 4.40. The Morgan fingerprint density at radius 2 is 0.965 bits per heavy atom. The molecule has 322 valence electrons. The van der Waals surface area contributed by atoms with Crippen LogP contribution in [0.1, 0.15) is 142 Å². The van der Waals surface area contributed by atoms with Crippen LogP contribution in [-0.4, -0.2) is 75.5 Å². The zero-order chi connectivity index (χ0) is 42.1. The molecule has 0 spiro atoms. The summed E-state index contributed by atoms with van der Waals surface area (Å²) in [7, 11) is 5.36. The van der Waals surface area contributed by atoms with Crippen molar-refractivity contribution in [3.05, 3.63) is 97.2 Å². The van der Waals surface area contributed by atoms with Gasteiger partial charge in [0, 0.05) is 19.3 Å². The van der Waals surface area contributed by atoms with Crippen LogP contribution in [0, 0.1) is 0 Å². The van der Waals surface area contributed by atoms with E-state index in [1.165, 1.54) is 25.7 Å². The van der Waals surface area contributed by atoms with Crippen LogP contribution in [0.5, 0.6) is 0 Å². The van der Waals surface area contributed by atoms with Crippen molar-refractivity contribution < 1.29 is 38.2 Å². The average molecular weight is 794 g/mol. The van der Waals surface area contributed by atoms with E-state index in [2.05, 4.69) is 111 Å². The first kappa shape index (κ1) is 53.2. The third-order valence-corrected chi connectivity index (χ3v) is 8.95. The molecule has 0 heterocycles. The topological polar surface area (TPSA) is 102 Å². The Morgan fingerprint density at radius 3 is 1.39 bits per heavy atom. The van der Waals surface area contributed by atoms with Crippen molar-refractivity contribution in [3.63, 3.8) is 0 Å². The van der Waals surface area contributed by atoms with Crippen molar-refractivity contribution in [1.29, 1.82) is 0 Å². The Hall–Kier alpha value is -3.75. The van der Waals surface area contributed by atoms with Crippen LogP contribution >= 0.6 is 0 Å². The van der Waals surface area contributed by atoms with Gasteiger partial charge in [-0.1, -0.05) is 124 Å². The number of carbonyl (C=O) groups is 3. The number of rotatable bonds is 37. The Labute approximate surface area is 347 Å². The summed E-state index contributed by atoms with van der Waals surface area (Å²) < 4.78 is 17.0. The van der Waals surface area contributed by atoms with Gasteiger partial charge in [0.25, 0.3) is 0 Å². The van der Waals surface area contributed by atoms with Crippen LogP contribution < -0.4 is 5.11 Å². The number of nitrogens with zero attached hydrogens (tertiary/aromatic N) is 1. The third-order valence-electron chi connectivity index (χ3n) is 8.95. The molecule has 0 rings (SSSR count). The number of aliphatic carboxylic acids is 1. The number of esters is 2. The molecule has 0 aliphatic heterocycles. The summed E-state index contributed by atoms with van der Waals surface area (Å²) >= 11 is 0. The highest BCUT2D eigenvalue weighted by Crippen LogP contribution is 2.10. The van der Waals surface area contributed by atoms with Gasteiger partial charge in [-0.3, -0.25) is 9.59 Å². The molecule has 2 unspecified atom stereocenters. The Balaban J connectivity index is 4.49. The van der Waals surface area contributed by atoms with E-state index >= 15 is 0 Å². The Bertz CT molecular complexity index is 1250. The van der Waals surface area contributed by atoms with E-state index in [1.54, 1.807) is 21.1 Å². The lowest BCUT2D eigenvalue weighted by molar-refractivity contribution is -0.889. The van der Waals surface area contributed by atoms with Gasteiger partial charge in [0.1, 0.15) is 12.6 Å². The highest BCUT2D eigenvalue weighted by Gasteiger charge is 2.25. The zero-order valence-corrected chi connectivity index (χ0v) is 36.5. The molecule has 0 aliphatic carbocycles. The van der Waals surface area contributed by atoms with Crippen LogP contribution in [0.4, 0.5) is 0 Å². The fourth-order valence-corrected chi connectivity index (χ4v) is 5.57. The maximum Gasteiger partial charge on any atom is 0.306 e. The summed E-state index contributed by atoms with van der Waals surface area (Å²) in [5.41, 5.74) is 0. The van der Waals surface area contributed by atoms with Crippen LogP contribution in [0.15, 0.2) is 97.2 Å². The molecular weight excluding hydrogens is 715 g/mol. The van der Waals surface area contributed by atoms with E-state index in [0.717, 1.165) is 70.6 Å². The molecule has 8 nitrogen and oxygen atoms in total. The summed E-state index contributed by atoms with van der Waals surface area (Å²) in [6.07, 6.45) is 51.6. The smallest absolute Gasteiger partial charge is 0.306 e. The molecule has 0 aromatic carbocycles. The average Bonchev–Trinajstić information content (AvgIpc) is 3.17. The van der Waals surface area contributed by atoms with E-state index in [0.29, 0.717) is 12.8 Å². The number of carbonyl (C=O) groups excluding carboxylic acids is 3. The minimum absolute atomic E-state index is 0.00425. The fraction of sp³-hybridized carbons (Fsp3) is 0.612.